The molecule has 0 aliphatic carbocycles. The zero-order valence-electron chi connectivity index (χ0n) is 13.5. The van der Waals surface area contributed by atoms with Gasteiger partial charge in [-0.05, 0) is 37.0 Å². The van der Waals surface area contributed by atoms with Crippen LogP contribution in [0.5, 0.6) is 5.75 Å². The van der Waals surface area contributed by atoms with Crippen LogP contribution in [-0.4, -0.2) is 38.2 Å². The average molecular weight is 347 g/mol. The van der Waals surface area contributed by atoms with Crippen molar-refractivity contribution in [1.82, 2.24) is 10.2 Å². The Morgan fingerprint density at radius 1 is 1.32 bits per heavy atom. The third-order valence-electron chi connectivity index (χ3n) is 4.04. The highest BCUT2D eigenvalue weighted by Gasteiger charge is 2.21. The Kier molecular flexibility index (Phi) is 10.5. The summed E-state index contributed by atoms with van der Waals surface area (Å²) in [6.07, 6.45) is 4.21. The summed E-state index contributed by atoms with van der Waals surface area (Å²) < 4.78 is 5.37. The van der Waals surface area contributed by atoms with E-state index < -0.39 is 0 Å². The predicted molar refractivity (Wildman–Crippen MR) is 98.8 cm³/mol. The standard InChI is InChI=1S/C17H26N2O.2ClH/c1-4-5-6-16(19-11-9-18-10-12-19)15-7-8-17(20-3)14(2)13-15;;/h4,7-8,13,16,18H,1,5-6,9-12H2,2-3H3;2*1H/t16-;;/m1../s1. The van der Waals surface area contributed by atoms with Crippen LogP contribution in [0.25, 0.3) is 0 Å². The molecule has 2 rings (SSSR count). The van der Waals surface area contributed by atoms with Crippen LogP contribution >= 0.6 is 24.8 Å². The molecule has 0 spiro atoms. The second kappa shape index (κ2) is 10.9. The molecule has 1 aromatic rings. The maximum Gasteiger partial charge on any atom is 0.121 e. The van der Waals surface area contributed by atoms with Crippen LogP contribution in [-0.2, 0) is 0 Å². The summed E-state index contributed by atoms with van der Waals surface area (Å²) in [7, 11) is 1.73. The van der Waals surface area contributed by atoms with Crippen LogP contribution in [0.1, 0.15) is 30.0 Å². The fourth-order valence-corrected chi connectivity index (χ4v) is 2.94. The van der Waals surface area contributed by atoms with Gasteiger partial charge < -0.3 is 10.1 Å². The minimum Gasteiger partial charge on any atom is -0.496 e. The largest absolute Gasteiger partial charge is 0.496 e. The first kappa shape index (κ1) is 21.3. The van der Waals surface area contributed by atoms with Gasteiger partial charge in [-0.2, -0.15) is 0 Å². The van der Waals surface area contributed by atoms with Crippen LogP contribution in [0.2, 0.25) is 0 Å². The van der Waals surface area contributed by atoms with Crippen molar-refractivity contribution in [1.29, 1.82) is 0 Å². The molecule has 0 aromatic heterocycles. The van der Waals surface area contributed by atoms with E-state index in [1.807, 2.05) is 6.08 Å². The Labute approximate surface area is 146 Å². The molecule has 1 aliphatic rings. The van der Waals surface area contributed by atoms with Crippen LogP contribution in [0, 0.1) is 6.92 Å². The summed E-state index contributed by atoms with van der Waals surface area (Å²) in [5.41, 5.74) is 2.61. The van der Waals surface area contributed by atoms with Crippen molar-refractivity contribution in [3.05, 3.63) is 42.0 Å². The second-order valence-corrected chi connectivity index (χ2v) is 5.40. The molecule has 22 heavy (non-hydrogen) atoms. The van der Waals surface area contributed by atoms with E-state index in [0.717, 1.165) is 44.8 Å². The van der Waals surface area contributed by atoms with Gasteiger partial charge in [0.05, 0.1) is 7.11 Å². The summed E-state index contributed by atoms with van der Waals surface area (Å²) >= 11 is 0. The Morgan fingerprint density at radius 2 is 2.00 bits per heavy atom. The van der Waals surface area contributed by atoms with Crippen molar-refractivity contribution in [2.75, 3.05) is 33.3 Å². The van der Waals surface area contributed by atoms with Crippen molar-refractivity contribution in [2.24, 2.45) is 0 Å². The number of nitrogens with zero attached hydrogens (tertiary/aromatic N) is 1. The molecule has 1 aromatic carbocycles. The number of allylic oxidation sites excluding steroid dienone is 1. The third-order valence-corrected chi connectivity index (χ3v) is 4.04. The van der Waals surface area contributed by atoms with Gasteiger partial charge >= 0.3 is 0 Å². The lowest BCUT2D eigenvalue weighted by Crippen LogP contribution is -2.45. The Bertz CT molecular complexity index is 448. The second-order valence-electron chi connectivity index (χ2n) is 5.40. The molecule has 0 bridgehead atoms. The Morgan fingerprint density at radius 3 is 2.55 bits per heavy atom. The highest BCUT2D eigenvalue weighted by molar-refractivity contribution is 5.85. The van der Waals surface area contributed by atoms with Crippen LogP contribution in [0.4, 0.5) is 0 Å². The first-order chi connectivity index (χ1) is 9.76. The minimum atomic E-state index is 0. The molecule has 1 saturated heterocycles. The van der Waals surface area contributed by atoms with E-state index >= 15 is 0 Å². The normalized spacial score (nSPS) is 16.1. The molecule has 1 fully saturated rings. The van der Waals surface area contributed by atoms with Crippen LogP contribution in [0.3, 0.4) is 0 Å². The topological polar surface area (TPSA) is 24.5 Å². The summed E-state index contributed by atoms with van der Waals surface area (Å²) in [4.78, 5) is 2.58. The molecule has 0 amide bonds. The molecule has 3 nitrogen and oxygen atoms in total. The highest BCUT2D eigenvalue weighted by atomic mass is 35.5. The zero-order valence-corrected chi connectivity index (χ0v) is 15.1. The molecular weight excluding hydrogens is 319 g/mol. The SMILES string of the molecule is C=CCC[C@H](c1ccc(OC)c(C)c1)N1CCNCC1.Cl.Cl. The summed E-state index contributed by atoms with van der Waals surface area (Å²) in [6, 6.07) is 7.06. The van der Waals surface area contributed by atoms with E-state index in [0.29, 0.717) is 6.04 Å². The van der Waals surface area contributed by atoms with Gasteiger partial charge in [-0.1, -0.05) is 18.2 Å². The molecule has 1 aliphatic heterocycles. The lowest BCUT2D eigenvalue weighted by molar-refractivity contribution is 0.166. The van der Waals surface area contributed by atoms with E-state index in [9.17, 15) is 0 Å². The predicted octanol–water partition coefficient (Wildman–Crippen LogP) is 3.76. The van der Waals surface area contributed by atoms with E-state index in [1.165, 1.54) is 11.1 Å². The smallest absolute Gasteiger partial charge is 0.121 e. The van der Waals surface area contributed by atoms with Crippen LogP contribution in [0.15, 0.2) is 30.9 Å². The maximum atomic E-state index is 5.37. The molecule has 126 valence electrons. The van der Waals surface area contributed by atoms with Gasteiger partial charge in [-0.25, -0.2) is 0 Å². The first-order valence-electron chi connectivity index (χ1n) is 7.46. The van der Waals surface area contributed by atoms with E-state index in [4.69, 9.17) is 4.74 Å². The van der Waals surface area contributed by atoms with E-state index in [-0.39, 0.29) is 24.8 Å². The summed E-state index contributed by atoms with van der Waals surface area (Å²) in [5, 5.41) is 3.42. The molecule has 0 radical (unpaired) electrons. The van der Waals surface area contributed by atoms with Gasteiger partial charge in [-0.15, -0.1) is 31.4 Å². The lowest BCUT2D eigenvalue weighted by atomic mass is 9.97. The van der Waals surface area contributed by atoms with Crippen molar-refractivity contribution in [3.63, 3.8) is 0 Å². The van der Waals surface area contributed by atoms with Gasteiger partial charge in [0.15, 0.2) is 0 Å². The number of nitrogens with one attached hydrogen (secondary N) is 1. The van der Waals surface area contributed by atoms with Gasteiger partial charge in [0, 0.05) is 32.2 Å². The molecule has 1 heterocycles. The van der Waals surface area contributed by atoms with E-state index in [1.54, 1.807) is 7.11 Å². The minimum absolute atomic E-state index is 0. The molecule has 5 heteroatoms. The number of benzene rings is 1. The number of ether oxygens (including phenoxy) is 1. The van der Waals surface area contributed by atoms with Crippen molar-refractivity contribution in [3.8, 4) is 5.75 Å². The zero-order chi connectivity index (χ0) is 14.4. The number of halogens is 2. The first-order valence-corrected chi connectivity index (χ1v) is 7.46. The fourth-order valence-electron chi connectivity index (χ4n) is 2.94. The fraction of sp³-hybridized carbons (Fsp3) is 0.529. The summed E-state index contributed by atoms with van der Waals surface area (Å²) in [6.45, 7) is 10.4. The number of rotatable bonds is 6. The van der Waals surface area contributed by atoms with E-state index in [2.05, 4.69) is 41.9 Å². The number of aryl methyl sites for hydroxylation is 1. The Balaban J connectivity index is 0.00000220. The molecule has 0 unspecified atom stereocenters. The number of piperazine rings is 1. The molecule has 1 atom stereocenters. The quantitative estimate of drug-likeness (QED) is 0.793. The number of hydrogen-bond acceptors (Lipinski definition) is 3. The number of methoxy groups -OCH3 is 1. The third kappa shape index (κ3) is 5.47. The van der Waals surface area contributed by atoms with Crippen LogP contribution < -0.4 is 10.1 Å². The molecule has 1 N–H and O–H groups in total. The maximum absolute atomic E-state index is 5.37. The van der Waals surface area contributed by atoms with Gasteiger partial charge in [-0.3, -0.25) is 4.90 Å². The van der Waals surface area contributed by atoms with Crippen molar-refractivity contribution < 1.29 is 4.74 Å². The van der Waals surface area contributed by atoms with Gasteiger partial charge in [0.25, 0.3) is 0 Å². The van der Waals surface area contributed by atoms with Gasteiger partial charge in [0.1, 0.15) is 5.75 Å². The highest BCUT2D eigenvalue weighted by Crippen LogP contribution is 2.29. The Hall–Kier alpha value is -0.740. The molecule has 0 saturated carbocycles. The molecular formula is C17H28Cl2N2O. The van der Waals surface area contributed by atoms with Crippen molar-refractivity contribution >= 4 is 24.8 Å². The number of hydrogen-bond donors (Lipinski definition) is 1. The van der Waals surface area contributed by atoms with Crippen molar-refractivity contribution in [2.45, 2.75) is 25.8 Å². The average Bonchev–Trinajstić information content (AvgIpc) is 2.49. The van der Waals surface area contributed by atoms with Gasteiger partial charge in [0.2, 0.25) is 0 Å². The monoisotopic (exact) mass is 346 g/mol. The lowest BCUT2D eigenvalue weighted by Gasteiger charge is -2.35. The summed E-state index contributed by atoms with van der Waals surface area (Å²) in [5.74, 6) is 0.969.